The van der Waals surface area contributed by atoms with Crippen molar-refractivity contribution in [2.45, 2.75) is 43.6 Å². The predicted molar refractivity (Wildman–Crippen MR) is 51.9 cm³/mol. The molecule has 2 aliphatic rings. The molecule has 1 saturated carbocycles. The van der Waals surface area contributed by atoms with Crippen LogP contribution in [-0.4, -0.2) is 35.2 Å². The summed E-state index contributed by atoms with van der Waals surface area (Å²) >= 11 is 0. The Balaban J connectivity index is 2.03. The van der Waals surface area contributed by atoms with Crippen LogP contribution < -0.4 is 5.32 Å². The van der Waals surface area contributed by atoms with Crippen molar-refractivity contribution in [3.63, 3.8) is 0 Å². The highest BCUT2D eigenvalue weighted by Crippen LogP contribution is 2.37. The van der Waals surface area contributed by atoms with E-state index >= 15 is 0 Å². The lowest BCUT2D eigenvalue weighted by molar-refractivity contribution is 0.0339. The van der Waals surface area contributed by atoms with Gasteiger partial charge in [0.25, 0.3) is 0 Å². The first-order valence-electron chi connectivity index (χ1n) is 5.06. The summed E-state index contributed by atoms with van der Waals surface area (Å²) in [6, 6.07) is 0. The van der Waals surface area contributed by atoms with Gasteiger partial charge in [0, 0.05) is 7.11 Å². The van der Waals surface area contributed by atoms with Gasteiger partial charge in [-0.05, 0) is 31.8 Å². The molecule has 1 spiro atoms. The number of aliphatic hydroxyl groups excluding tert-OH is 2. The van der Waals surface area contributed by atoms with Gasteiger partial charge in [-0.15, -0.1) is 0 Å². The molecule has 3 N–H and O–H groups in total. The van der Waals surface area contributed by atoms with Crippen molar-refractivity contribution < 1.29 is 14.9 Å². The van der Waals surface area contributed by atoms with Gasteiger partial charge >= 0.3 is 0 Å². The van der Waals surface area contributed by atoms with Crippen molar-refractivity contribution in [3.05, 3.63) is 11.8 Å². The van der Waals surface area contributed by atoms with Gasteiger partial charge in [0.1, 0.15) is 12.0 Å². The summed E-state index contributed by atoms with van der Waals surface area (Å²) in [6.07, 6.45) is 4.58. The smallest absolute Gasteiger partial charge is 0.128 e. The second kappa shape index (κ2) is 3.53. The van der Waals surface area contributed by atoms with E-state index < -0.39 is 6.23 Å². The molecule has 0 saturated heterocycles. The number of ether oxygens (including phenoxy) is 1. The highest BCUT2D eigenvalue weighted by atomic mass is 16.5. The van der Waals surface area contributed by atoms with Crippen LogP contribution in [0.3, 0.4) is 0 Å². The molecule has 0 bridgehead atoms. The minimum Gasteiger partial charge on any atom is -0.511 e. The third kappa shape index (κ3) is 1.54. The standard InChI is InChI=1S/C10H17NO3/c1-14-7-2-4-10(5-3-7)8(12)6-9(13)11-10/h6-7,9,11-13H,2-5H2,1H3. The Morgan fingerprint density at radius 1 is 1.50 bits per heavy atom. The van der Waals surface area contributed by atoms with E-state index in [4.69, 9.17) is 4.74 Å². The maximum absolute atomic E-state index is 9.73. The fourth-order valence-electron chi connectivity index (χ4n) is 2.43. The van der Waals surface area contributed by atoms with Crippen molar-refractivity contribution in [2.24, 2.45) is 0 Å². The zero-order chi connectivity index (χ0) is 10.2. The zero-order valence-corrected chi connectivity index (χ0v) is 8.36. The van der Waals surface area contributed by atoms with Crippen LogP contribution in [0.1, 0.15) is 25.7 Å². The summed E-state index contributed by atoms with van der Waals surface area (Å²) < 4.78 is 5.26. The van der Waals surface area contributed by atoms with Crippen LogP contribution in [0.4, 0.5) is 0 Å². The Kier molecular flexibility index (Phi) is 2.51. The summed E-state index contributed by atoms with van der Waals surface area (Å²) in [5.41, 5.74) is -0.381. The van der Waals surface area contributed by atoms with E-state index in [2.05, 4.69) is 5.32 Å². The minimum atomic E-state index is -0.700. The minimum absolute atomic E-state index is 0.291. The van der Waals surface area contributed by atoms with Crippen molar-refractivity contribution in [3.8, 4) is 0 Å². The summed E-state index contributed by atoms with van der Waals surface area (Å²) in [4.78, 5) is 0. The lowest BCUT2D eigenvalue weighted by Gasteiger charge is -2.37. The molecular weight excluding hydrogens is 182 g/mol. The Bertz CT molecular complexity index is 244. The lowest BCUT2D eigenvalue weighted by Crippen LogP contribution is -2.49. The number of hydrogen-bond donors (Lipinski definition) is 3. The first-order chi connectivity index (χ1) is 6.66. The monoisotopic (exact) mass is 199 g/mol. The number of hydrogen-bond acceptors (Lipinski definition) is 4. The van der Waals surface area contributed by atoms with Crippen LogP contribution in [0.5, 0.6) is 0 Å². The molecule has 4 heteroatoms. The molecule has 0 amide bonds. The van der Waals surface area contributed by atoms with Crippen LogP contribution in [0.25, 0.3) is 0 Å². The van der Waals surface area contributed by atoms with Crippen molar-refractivity contribution in [1.29, 1.82) is 0 Å². The molecule has 1 aliphatic heterocycles. The van der Waals surface area contributed by atoms with E-state index in [1.807, 2.05) is 0 Å². The van der Waals surface area contributed by atoms with E-state index in [9.17, 15) is 10.2 Å². The molecule has 80 valence electrons. The van der Waals surface area contributed by atoms with Crippen molar-refractivity contribution in [1.82, 2.24) is 5.32 Å². The van der Waals surface area contributed by atoms with Gasteiger partial charge in [0.15, 0.2) is 0 Å². The molecule has 1 atom stereocenters. The topological polar surface area (TPSA) is 61.7 Å². The van der Waals surface area contributed by atoms with Gasteiger partial charge in [-0.25, -0.2) is 0 Å². The summed E-state index contributed by atoms with van der Waals surface area (Å²) in [7, 11) is 1.72. The Hall–Kier alpha value is -0.580. The Morgan fingerprint density at radius 2 is 2.14 bits per heavy atom. The van der Waals surface area contributed by atoms with E-state index in [-0.39, 0.29) is 5.54 Å². The lowest BCUT2D eigenvalue weighted by atomic mass is 9.80. The van der Waals surface area contributed by atoms with Crippen molar-refractivity contribution >= 4 is 0 Å². The maximum atomic E-state index is 9.73. The third-order valence-corrected chi connectivity index (χ3v) is 3.35. The maximum Gasteiger partial charge on any atom is 0.128 e. The fraction of sp³-hybridized carbons (Fsp3) is 0.800. The van der Waals surface area contributed by atoms with E-state index in [0.29, 0.717) is 11.9 Å². The van der Waals surface area contributed by atoms with Crippen molar-refractivity contribution in [2.75, 3.05) is 7.11 Å². The van der Waals surface area contributed by atoms with Crippen LogP contribution in [0, 0.1) is 0 Å². The molecule has 14 heavy (non-hydrogen) atoms. The second-order valence-corrected chi connectivity index (χ2v) is 4.16. The first-order valence-corrected chi connectivity index (χ1v) is 5.06. The van der Waals surface area contributed by atoms with Gasteiger partial charge in [-0.3, -0.25) is 5.32 Å². The quantitative estimate of drug-likeness (QED) is 0.581. The molecular formula is C10H17NO3. The highest BCUT2D eigenvalue weighted by Gasteiger charge is 2.43. The predicted octanol–water partition coefficient (Wildman–Crippen LogP) is 0.678. The number of nitrogens with one attached hydrogen (secondary N) is 1. The molecule has 4 nitrogen and oxygen atoms in total. The highest BCUT2D eigenvalue weighted by molar-refractivity contribution is 5.22. The number of aliphatic hydroxyl groups is 2. The number of rotatable bonds is 1. The molecule has 1 aliphatic carbocycles. The van der Waals surface area contributed by atoms with E-state index in [1.165, 1.54) is 6.08 Å². The van der Waals surface area contributed by atoms with Crippen LogP contribution in [-0.2, 0) is 4.74 Å². The summed E-state index contributed by atoms with van der Waals surface area (Å²) in [6.45, 7) is 0. The van der Waals surface area contributed by atoms with Gasteiger partial charge in [-0.2, -0.15) is 0 Å². The van der Waals surface area contributed by atoms with E-state index in [0.717, 1.165) is 25.7 Å². The van der Waals surface area contributed by atoms with E-state index in [1.54, 1.807) is 7.11 Å². The van der Waals surface area contributed by atoms with Gasteiger partial charge in [0.05, 0.1) is 11.6 Å². The molecule has 0 aromatic carbocycles. The normalized spacial score (nSPS) is 42.9. The summed E-state index contributed by atoms with van der Waals surface area (Å²) in [5, 5.41) is 22.1. The SMILES string of the molecule is COC1CCC2(CC1)NC(O)C=C2O. The van der Waals surface area contributed by atoms with Gasteiger partial charge < -0.3 is 14.9 Å². The van der Waals surface area contributed by atoms with Crippen LogP contribution >= 0.6 is 0 Å². The van der Waals surface area contributed by atoms with Crippen LogP contribution in [0.15, 0.2) is 11.8 Å². The number of methoxy groups -OCH3 is 1. The summed E-state index contributed by atoms with van der Waals surface area (Å²) in [5.74, 6) is 0.291. The average Bonchev–Trinajstić information content (AvgIpc) is 2.43. The molecule has 1 fully saturated rings. The molecule has 1 heterocycles. The second-order valence-electron chi connectivity index (χ2n) is 4.16. The Labute approximate surface area is 83.6 Å². The molecule has 2 rings (SSSR count). The average molecular weight is 199 g/mol. The molecule has 0 aromatic heterocycles. The van der Waals surface area contributed by atoms with Gasteiger partial charge in [0.2, 0.25) is 0 Å². The molecule has 0 aromatic rings. The van der Waals surface area contributed by atoms with Crippen LogP contribution in [0.2, 0.25) is 0 Å². The van der Waals surface area contributed by atoms with Gasteiger partial charge in [-0.1, -0.05) is 0 Å². The fourth-order valence-corrected chi connectivity index (χ4v) is 2.43. The zero-order valence-electron chi connectivity index (χ0n) is 8.36. The third-order valence-electron chi connectivity index (χ3n) is 3.35. The Morgan fingerprint density at radius 3 is 2.57 bits per heavy atom. The first kappa shape index (κ1) is 9.96. The molecule has 1 unspecified atom stereocenters. The largest absolute Gasteiger partial charge is 0.511 e. The molecule has 0 radical (unpaired) electrons.